The van der Waals surface area contributed by atoms with Crippen molar-refractivity contribution in [1.29, 1.82) is 0 Å². The van der Waals surface area contributed by atoms with Gasteiger partial charge in [-0.15, -0.1) is 11.3 Å². The molecule has 3 rings (SSSR count). The number of nitrogens with zero attached hydrogens (tertiary/aromatic N) is 3. The number of aromatic nitrogens is 2. The number of rotatable bonds is 6. The predicted molar refractivity (Wildman–Crippen MR) is 104 cm³/mol. The van der Waals surface area contributed by atoms with E-state index in [1.54, 1.807) is 5.38 Å². The van der Waals surface area contributed by atoms with Crippen LogP contribution in [0.2, 0.25) is 0 Å². The molecule has 0 radical (unpaired) electrons. The van der Waals surface area contributed by atoms with Crippen LogP contribution in [0, 0.1) is 0 Å². The third-order valence-electron chi connectivity index (χ3n) is 2.98. The Morgan fingerprint density at radius 2 is 2.15 bits per heavy atom. The molecule has 2 N–H and O–H groups in total. The number of carbonyl (C=O) groups excluding carboxylic acids is 1. The van der Waals surface area contributed by atoms with Gasteiger partial charge in [0.2, 0.25) is 11.7 Å². The maximum Gasteiger partial charge on any atom is 0.346 e. The summed E-state index contributed by atoms with van der Waals surface area (Å²) in [5.41, 5.74) is 6.97. The largest absolute Gasteiger partial charge is 0.466 e. The van der Waals surface area contributed by atoms with E-state index in [9.17, 15) is 4.79 Å². The molecular weight excluding hydrogens is 396 g/mol. The van der Waals surface area contributed by atoms with Gasteiger partial charge in [-0.05, 0) is 24.4 Å². The fourth-order valence-corrected chi connectivity index (χ4v) is 3.46. The highest BCUT2D eigenvalue weighted by Crippen LogP contribution is 2.28. The zero-order valence-corrected chi connectivity index (χ0v) is 15.8. The normalized spacial score (nSPS) is 11.3. The average molecular weight is 408 g/mol. The van der Waals surface area contributed by atoms with E-state index in [2.05, 4.69) is 19.9 Å². The summed E-state index contributed by atoms with van der Waals surface area (Å²) in [7, 11) is 1.25. The van der Waals surface area contributed by atoms with E-state index < -0.39 is 5.97 Å². The summed E-state index contributed by atoms with van der Waals surface area (Å²) in [4.78, 5) is 24.6. The molecule has 11 heteroatoms. The summed E-state index contributed by atoms with van der Waals surface area (Å²) < 4.78 is 11.1. The number of para-hydroxylation sites is 1. The first-order valence-corrected chi connectivity index (χ1v) is 9.23. The minimum absolute atomic E-state index is 0.000720. The number of hydrogen-bond acceptors (Lipinski definition) is 11. The standard InChI is InChI=1S/C15H12N4O4S3/c1-21-11(20)6-22-19-12(9-7-25-14(16)17-9)13(24)23-15-18-8-4-2-3-5-10(8)26-15/h2-5,7H,6H2,1H3,(H2,16,17)/b19-12+. The van der Waals surface area contributed by atoms with Crippen LogP contribution in [0.5, 0.6) is 5.19 Å². The van der Waals surface area contributed by atoms with Crippen LogP contribution in [-0.4, -0.2) is 40.4 Å². The fourth-order valence-electron chi connectivity index (χ4n) is 1.82. The second-order valence-corrected chi connectivity index (χ2v) is 6.95. The molecule has 0 aliphatic carbocycles. The molecule has 3 aromatic rings. The van der Waals surface area contributed by atoms with E-state index in [1.165, 1.54) is 29.8 Å². The lowest BCUT2D eigenvalue weighted by Crippen LogP contribution is -2.21. The van der Waals surface area contributed by atoms with Crippen molar-refractivity contribution in [2.75, 3.05) is 19.5 Å². The lowest BCUT2D eigenvalue weighted by Gasteiger charge is -2.05. The maximum atomic E-state index is 11.2. The summed E-state index contributed by atoms with van der Waals surface area (Å²) in [5, 5.41) is 6.21. The first-order valence-electron chi connectivity index (χ1n) is 7.12. The van der Waals surface area contributed by atoms with Crippen molar-refractivity contribution >= 4 is 67.0 Å². The quantitative estimate of drug-likeness (QED) is 0.287. The van der Waals surface area contributed by atoms with Gasteiger partial charge in [0.05, 0.1) is 17.3 Å². The number of methoxy groups -OCH3 is 1. The van der Waals surface area contributed by atoms with Gasteiger partial charge in [0, 0.05) is 5.38 Å². The van der Waals surface area contributed by atoms with Gasteiger partial charge < -0.3 is 20.0 Å². The van der Waals surface area contributed by atoms with Gasteiger partial charge >= 0.3 is 5.97 Å². The molecule has 0 fully saturated rings. The molecule has 0 saturated heterocycles. The molecule has 2 aromatic heterocycles. The number of carbonyl (C=O) groups is 1. The molecule has 0 unspecified atom stereocenters. The molecule has 2 heterocycles. The molecule has 0 atom stereocenters. The molecule has 0 aliphatic heterocycles. The van der Waals surface area contributed by atoms with E-state index >= 15 is 0 Å². The molecule has 0 saturated carbocycles. The molecule has 134 valence electrons. The highest BCUT2D eigenvalue weighted by atomic mass is 32.1. The van der Waals surface area contributed by atoms with Crippen molar-refractivity contribution in [2.45, 2.75) is 0 Å². The van der Waals surface area contributed by atoms with E-state index in [-0.39, 0.29) is 17.4 Å². The number of thiocarbonyl (C=S) groups is 1. The molecule has 1 aromatic carbocycles. The van der Waals surface area contributed by atoms with Crippen molar-refractivity contribution in [3.8, 4) is 5.19 Å². The summed E-state index contributed by atoms with van der Waals surface area (Å²) in [6.45, 7) is -0.372. The molecule has 0 aliphatic rings. The number of thiazole rings is 2. The number of esters is 1. The third kappa shape index (κ3) is 4.31. The Morgan fingerprint density at radius 3 is 2.85 bits per heavy atom. The molecule has 0 bridgehead atoms. The second kappa shape index (κ2) is 8.17. The fraction of sp³-hybridized carbons (Fsp3) is 0.133. The van der Waals surface area contributed by atoms with Gasteiger partial charge in [-0.25, -0.2) is 14.8 Å². The Hall–Kier alpha value is -2.63. The monoisotopic (exact) mass is 408 g/mol. The molecule has 0 amide bonds. The minimum Gasteiger partial charge on any atom is -0.466 e. The van der Waals surface area contributed by atoms with Crippen molar-refractivity contribution in [1.82, 2.24) is 9.97 Å². The lowest BCUT2D eigenvalue weighted by molar-refractivity contribution is -0.145. The van der Waals surface area contributed by atoms with Crippen LogP contribution in [0.1, 0.15) is 5.69 Å². The van der Waals surface area contributed by atoms with Crippen molar-refractivity contribution in [3.05, 3.63) is 35.3 Å². The van der Waals surface area contributed by atoms with Gasteiger partial charge in [-0.1, -0.05) is 28.6 Å². The topological polar surface area (TPSA) is 109 Å². The van der Waals surface area contributed by atoms with E-state index in [0.29, 0.717) is 16.0 Å². The molecule has 8 nitrogen and oxygen atoms in total. The number of benzene rings is 1. The lowest BCUT2D eigenvalue weighted by atomic mass is 10.3. The van der Waals surface area contributed by atoms with Crippen LogP contribution in [0.25, 0.3) is 10.2 Å². The molecule has 0 spiro atoms. The van der Waals surface area contributed by atoms with Crippen molar-refractivity contribution in [3.63, 3.8) is 0 Å². The van der Waals surface area contributed by atoms with Crippen molar-refractivity contribution < 1.29 is 19.1 Å². The Bertz CT molecular complexity index is 949. The highest BCUT2D eigenvalue weighted by Gasteiger charge is 2.19. The van der Waals surface area contributed by atoms with E-state index in [0.717, 1.165) is 10.2 Å². The Labute approximate surface area is 161 Å². The number of oxime groups is 1. The Balaban J connectivity index is 1.81. The number of nitrogen functional groups attached to an aromatic ring is 1. The summed E-state index contributed by atoms with van der Waals surface area (Å²) in [6.07, 6.45) is 0. The van der Waals surface area contributed by atoms with Gasteiger partial charge in [0.15, 0.2) is 10.8 Å². The highest BCUT2D eigenvalue weighted by molar-refractivity contribution is 7.81. The predicted octanol–water partition coefficient (Wildman–Crippen LogP) is 2.64. The summed E-state index contributed by atoms with van der Waals surface area (Å²) >= 11 is 7.86. The van der Waals surface area contributed by atoms with Crippen LogP contribution < -0.4 is 10.5 Å². The van der Waals surface area contributed by atoms with Gasteiger partial charge in [-0.3, -0.25) is 0 Å². The van der Waals surface area contributed by atoms with E-state index in [4.69, 9.17) is 27.5 Å². The van der Waals surface area contributed by atoms with Gasteiger partial charge in [-0.2, -0.15) is 0 Å². The van der Waals surface area contributed by atoms with Gasteiger partial charge in [0.25, 0.3) is 5.19 Å². The number of anilines is 1. The summed E-state index contributed by atoms with van der Waals surface area (Å²) in [6, 6.07) is 7.60. The maximum absolute atomic E-state index is 11.2. The average Bonchev–Trinajstić information content (AvgIpc) is 3.23. The SMILES string of the molecule is COC(=O)CO/N=C(/C(=S)Oc1nc2ccccc2s1)c1csc(N)n1. The van der Waals surface area contributed by atoms with Crippen molar-refractivity contribution in [2.24, 2.45) is 5.16 Å². The first-order chi connectivity index (χ1) is 12.6. The van der Waals surface area contributed by atoms with E-state index in [1.807, 2.05) is 24.3 Å². The molecular formula is C15H12N4O4S3. The van der Waals surface area contributed by atoms with Crippen LogP contribution in [0.3, 0.4) is 0 Å². The number of ether oxygens (including phenoxy) is 2. The number of hydrogen-bond donors (Lipinski definition) is 1. The second-order valence-electron chi connectivity index (χ2n) is 4.70. The number of fused-ring (bicyclic) bond motifs is 1. The molecule has 26 heavy (non-hydrogen) atoms. The Kier molecular flexibility index (Phi) is 5.71. The van der Waals surface area contributed by atoms with Gasteiger partial charge in [0.1, 0.15) is 5.69 Å². The van der Waals surface area contributed by atoms with Crippen LogP contribution in [-0.2, 0) is 14.4 Å². The Morgan fingerprint density at radius 1 is 1.35 bits per heavy atom. The number of nitrogens with two attached hydrogens (primary N) is 1. The smallest absolute Gasteiger partial charge is 0.346 e. The van der Waals surface area contributed by atoms with Crippen LogP contribution in [0.15, 0.2) is 34.8 Å². The zero-order valence-electron chi connectivity index (χ0n) is 13.4. The van der Waals surface area contributed by atoms with Crippen LogP contribution in [0.4, 0.5) is 5.13 Å². The first kappa shape index (κ1) is 18.2. The summed E-state index contributed by atoms with van der Waals surface area (Å²) in [5.74, 6) is -0.580. The third-order valence-corrected chi connectivity index (χ3v) is 4.84. The minimum atomic E-state index is -0.580. The zero-order chi connectivity index (χ0) is 18.5. The van der Waals surface area contributed by atoms with Crippen LogP contribution >= 0.6 is 34.9 Å².